The molecule has 0 radical (unpaired) electrons. The molecule has 0 saturated heterocycles. The molecule has 1 atom stereocenters. The first-order chi connectivity index (χ1) is 9.00. The average Bonchev–Trinajstić information content (AvgIpc) is 2.22. The summed E-state index contributed by atoms with van der Waals surface area (Å²) in [7, 11) is -3.30. The normalized spacial score (nSPS) is 14.2. The van der Waals surface area contributed by atoms with Gasteiger partial charge in [0.15, 0.2) is 0 Å². The van der Waals surface area contributed by atoms with Crippen molar-refractivity contribution in [1.82, 2.24) is 10.0 Å². The Bertz CT molecular complexity index is 573. The Hall–Kier alpha value is -1.18. The predicted octanol–water partition coefficient (Wildman–Crippen LogP) is 1.51. The van der Waals surface area contributed by atoms with E-state index in [2.05, 4.69) is 10.0 Å². The van der Waals surface area contributed by atoms with Crippen molar-refractivity contribution in [3.63, 3.8) is 0 Å². The summed E-state index contributed by atoms with van der Waals surface area (Å²) in [4.78, 5) is 0. The molecule has 7 heteroatoms. The maximum atomic E-state index is 12.9. The fourth-order valence-electron chi connectivity index (χ4n) is 1.94. The lowest BCUT2D eigenvalue weighted by Gasteiger charge is -2.27. The number of hydrogen-bond acceptors (Lipinski definition) is 4. The fraction of sp³-hybridized carbons (Fsp3) is 0.538. The Balaban J connectivity index is 2.69. The van der Waals surface area contributed by atoms with Crippen molar-refractivity contribution in [2.75, 3.05) is 12.8 Å². The lowest BCUT2D eigenvalue weighted by atomic mass is 10.0. The molecule has 0 aliphatic carbocycles. The number of halogens is 1. The number of aromatic hydroxyl groups is 1. The largest absolute Gasteiger partial charge is 0.508 e. The quantitative estimate of drug-likeness (QED) is 0.744. The molecule has 0 heterocycles. The van der Waals surface area contributed by atoms with Gasteiger partial charge in [0.1, 0.15) is 11.6 Å². The van der Waals surface area contributed by atoms with E-state index in [4.69, 9.17) is 0 Å². The summed E-state index contributed by atoms with van der Waals surface area (Å²) in [5, 5.41) is 12.8. The Kier molecular flexibility index (Phi) is 5.12. The molecule has 0 aliphatic rings. The summed E-state index contributed by atoms with van der Waals surface area (Å²) in [5.41, 5.74) is -0.112. The van der Waals surface area contributed by atoms with Crippen LogP contribution in [0.25, 0.3) is 0 Å². The number of hydrogen-bond donors (Lipinski definition) is 3. The predicted molar refractivity (Wildman–Crippen MR) is 76.5 cm³/mol. The van der Waals surface area contributed by atoms with Crippen LogP contribution in [0.3, 0.4) is 0 Å². The number of phenolic OH excluding ortho intramolecular Hbond substituents is 1. The van der Waals surface area contributed by atoms with Crippen molar-refractivity contribution in [2.45, 2.75) is 32.4 Å². The molecule has 1 aromatic rings. The highest BCUT2D eigenvalue weighted by atomic mass is 32.2. The third-order valence-corrected chi connectivity index (χ3v) is 3.69. The van der Waals surface area contributed by atoms with Crippen LogP contribution < -0.4 is 10.0 Å². The van der Waals surface area contributed by atoms with Crippen LogP contribution in [0.1, 0.15) is 32.4 Å². The minimum Gasteiger partial charge on any atom is -0.508 e. The first kappa shape index (κ1) is 16.9. The highest BCUT2D eigenvalue weighted by Crippen LogP contribution is 2.24. The molecule has 0 aromatic heterocycles. The highest BCUT2D eigenvalue weighted by molar-refractivity contribution is 7.88. The van der Waals surface area contributed by atoms with Crippen molar-refractivity contribution in [3.05, 3.63) is 29.6 Å². The third kappa shape index (κ3) is 5.44. The summed E-state index contributed by atoms with van der Waals surface area (Å²) in [6, 6.07) is 3.58. The van der Waals surface area contributed by atoms with Crippen LogP contribution in [0.15, 0.2) is 18.2 Å². The second kappa shape index (κ2) is 6.07. The minimum atomic E-state index is -3.30. The van der Waals surface area contributed by atoms with Gasteiger partial charge in [0.05, 0.1) is 6.26 Å². The topological polar surface area (TPSA) is 78.4 Å². The van der Waals surface area contributed by atoms with Crippen LogP contribution in [0.4, 0.5) is 4.39 Å². The maximum absolute atomic E-state index is 12.9. The summed E-state index contributed by atoms with van der Waals surface area (Å²) >= 11 is 0. The van der Waals surface area contributed by atoms with Gasteiger partial charge < -0.3 is 10.4 Å². The lowest BCUT2D eigenvalue weighted by molar-refractivity contribution is 0.390. The van der Waals surface area contributed by atoms with Gasteiger partial charge in [0.2, 0.25) is 10.0 Å². The zero-order valence-electron chi connectivity index (χ0n) is 12.1. The Labute approximate surface area is 119 Å². The average molecular weight is 304 g/mol. The van der Waals surface area contributed by atoms with E-state index in [1.807, 2.05) is 6.92 Å². The Morgan fingerprint density at radius 3 is 2.50 bits per heavy atom. The molecule has 1 rings (SSSR count). The first-order valence-corrected chi connectivity index (χ1v) is 8.10. The molecule has 0 spiro atoms. The fourth-order valence-corrected chi connectivity index (χ4v) is 3.02. The van der Waals surface area contributed by atoms with Crippen LogP contribution in [-0.4, -0.2) is 31.9 Å². The van der Waals surface area contributed by atoms with E-state index < -0.39 is 21.4 Å². The van der Waals surface area contributed by atoms with Crippen molar-refractivity contribution in [3.8, 4) is 5.75 Å². The number of rotatable bonds is 6. The van der Waals surface area contributed by atoms with Gasteiger partial charge in [-0.25, -0.2) is 17.5 Å². The molecule has 0 bridgehead atoms. The van der Waals surface area contributed by atoms with Gasteiger partial charge in [0.25, 0.3) is 0 Å². The Morgan fingerprint density at radius 2 is 2.00 bits per heavy atom. The zero-order valence-corrected chi connectivity index (χ0v) is 12.9. The van der Waals surface area contributed by atoms with Gasteiger partial charge in [-0.3, -0.25) is 0 Å². The molecule has 0 fully saturated rings. The van der Waals surface area contributed by atoms with E-state index in [0.717, 1.165) is 12.3 Å². The van der Waals surface area contributed by atoms with Gasteiger partial charge in [0, 0.05) is 29.8 Å². The molecule has 3 N–H and O–H groups in total. The van der Waals surface area contributed by atoms with Crippen LogP contribution in [0, 0.1) is 5.82 Å². The van der Waals surface area contributed by atoms with Crippen LogP contribution >= 0.6 is 0 Å². The van der Waals surface area contributed by atoms with Crippen molar-refractivity contribution in [1.29, 1.82) is 0 Å². The minimum absolute atomic E-state index is 0.126. The van der Waals surface area contributed by atoms with E-state index >= 15 is 0 Å². The zero-order chi connectivity index (χ0) is 15.6. The van der Waals surface area contributed by atoms with Gasteiger partial charge in [-0.2, -0.15) is 0 Å². The third-order valence-electron chi connectivity index (χ3n) is 2.77. The highest BCUT2D eigenvalue weighted by Gasteiger charge is 2.23. The summed E-state index contributed by atoms with van der Waals surface area (Å²) in [5.74, 6) is -0.628. The van der Waals surface area contributed by atoms with Crippen LogP contribution in [0.5, 0.6) is 5.75 Å². The smallest absolute Gasteiger partial charge is 0.209 e. The maximum Gasteiger partial charge on any atom is 0.209 e. The molecule has 0 aliphatic heterocycles. The second-order valence-corrected chi connectivity index (χ2v) is 7.31. The van der Waals surface area contributed by atoms with Gasteiger partial charge in [-0.05, 0) is 26.8 Å². The van der Waals surface area contributed by atoms with E-state index in [9.17, 15) is 17.9 Å². The molecular formula is C13H21FN2O3S. The molecule has 1 unspecified atom stereocenters. The summed E-state index contributed by atoms with van der Waals surface area (Å²) in [6.45, 7) is 5.66. The molecule has 5 nitrogen and oxygen atoms in total. The van der Waals surface area contributed by atoms with Crippen LogP contribution in [-0.2, 0) is 10.0 Å². The number of sulfonamides is 1. The summed E-state index contributed by atoms with van der Waals surface area (Å²) < 4.78 is 37.9. The molecular weight excluding hydrogens is 283 g/mol. The lowest BCUT2D eigenvalue weighted by Crippen LogP contribution is -2.50. The molecule has 114 valence electrons. The number of nitrogens with one attached hydrogen (secondary N) is 2. The molecule has 1 aromatic carbocycles. The van der Waals surface area contributed by atoms with E-state index in [1.165, 1.54) is 12.1 Å². The van der Waals surface area contributed by atoms with Gasteiger partial charge >= 0.3 is 0 Å². The SMILES string of the molecule is CC(NCC(C)(C)NS(C)(=O)=O)c1ccc(F)cc1O. The molecule has 0 saturated carbocycles. The number of phenols is 1. The van der Waals surface area contributed by atoms with E-state index in [-0.39, 0.29) is 11.8 Å². The monoisotopic (exact) mass is 304 g/mol. The van der Waals surface area contributed by atoms with Crippen molar-refractivity contribution in [2.24, 2.45) is 0 Å². The standard InChI is InChI=1S/C13H21FN2O3S/c1-9(11-6-5-10(14)7-12(11)17)15-8-13(2,3)16-20(4,18)19/h5-7,9,15-17H,8H2,1-4H3. The van der Waals surface area contributed by atoms with Crippen LogP contribution in [0.2, 0.25) is 0 Å². The van der Waals surface area contributed by atoms with Gasteiger partial charge in [-0.15, -0.1) is 0 Å². The van der Waals surface area contributed by atoms with E-state index in [1.54, 1.807) is 13.8 Å². The number of benzene rings is 1. The Morgan fingerprint density at radius 1 is 1.40 bits per heavy atom. The van der Waals surface area contributed by atoms with Crippen molar-refractivity contribution < 1.29 is 17.9 Å². The second-order valence-electron chi connectivity index (χ2n) is 5.56. The molecule has 0 amide bonds. The molecule has 20 heavy (non-hydrogen) atoms. The van der Waals surface area contributed by atoms with E-state index in [0.29, 0.717) is 12.1 Å². The summed E-state index contributed by atoms with van der Waals surface area (Å²) in [6.07, 6.45) is 1.10. The van der Waals surface area contributed by atoms with Crippen molar-refractivity contribution >= 4 is 10.0 Å². The van der Waals surface area contributed by atoms with Gasteiger partial charge in [-0.1, -0.05) is 6.07 Å². The first-order valence-electron chi connectivity index (χ1n) is 6.21.